The highest BCUT2D eigenvalue weighted by molar-refractivity contribution is 4.54. The van der Waals surface area contributed by atoms with Crippen molar-refractivity contribution in [1.82, 2.24) is 0 Å². The van der Waals surface area contributed by atoms with Crippen molar-refractivity contribution in [1.29, 1.82) is 0 Å². The molecule has 4 atom stereocenters. The first-order chi connectivity index (χ1) is 9.37. The zero-order chi connectivity index (χ0) is 16.0. The first kappa shape index (κ1) is 22.0. The minimum absolute atomic E-state index is 0.00667. The minimum atomic E-state index is -0.445. The third-order valence-corrected chi connectivity index (χ3v) is 2.33. The van der Waals surface area contributed by atoms with Gasteiger partial charge in [-0.15, -0.1) is 0 Å². The molecule has 0 aromatic carbocycles. The molecular formula is C14H32O6. The van der Waals surface area contributed by atoms with Crippen LogP contribution in [0, 0.1) is 0 Å². The molecule has 124 valence electrons. The Labute approximate surface area is 122 Å². The van der Waals surface area contributed by atoms with Crippen LogP contribution < -0.4 is 0 Å². The maximum atomic E-state index is 9.19. The van der Waals surface area contributed by atoms with E-state index in [1.807, 2.05) is 6.92 Å². The van der Waals surface area contributed by atoms with Crippen molar-refractivity contribution in [2.45, 2.75) is 65.0 Å². The standard InChI is InChI=1S/C8H18O3.C6H14O3/c1-3-4-8(10)6-11-7(2)5-9;1-5(8)4-9-6(2)3-7/h7-10H,3-6H2,1-2H3;5-8H,3-4H2,1-2H3. The quantitative estimate of drug-likeness (QED) is 0.463. The van der Waals surface area contributed by atoms with E-state index in [0.29, 0.717) is 13.2 Å². The zero-order valence-electron chi connectivity index (χ0n) is 13.2. The van der Waals surface area contributed by atoms with Gasteiger partial charge in [-0.3, -0.25) is 0 Å². The van der Waals surface area contributed by atoms with Crippen molar-refractivity contribution in [2.24, 2.45) is 0 Å². The summed E-state index contributed by atoms with van der Waals surface area (Å²) in [6.07, 6.45) is 0.560. The Balaban J connectivity index is 0. The van der Waals surface area contributed by atoms with Crippen LogP contribution in [0.2, 0.25) is 0 Å². The van der Waals surface area contributed by atoms with Crippen molar-refractivity contribution >= 4 is 0 Å². The van der Waals surface area contributed by atoms with Gasteiger partial charge in [0.2, 0.25) is 0 Å². The Bertz CT molecular complexity index is 189. The van der Waals surface area contributed by atoms with Crippen LogP contribution in [-0.4, -0.2) is 71.3 Å². The number of aliphatic hydroxyl groups excluding tert-OH is 4. The normalized spacial score (nSPS) is 16.8. The van der Waals surface area contributed by atoms with Crippen LogP contribution >= 0.6 is 0 Å². The largest absolute Gasteiger partial charge is 0.394 e. The van der Waals surface area contributed by atoms with Crippen molar-refractivity contribution in [2.75, 3.05) is 26.4 Å². The van der Waals surface area contributed by atoms with E-state index in [1.54, 1.807) is 20.8 Å². The van der Waals surface area contributed by atoms with Crippen molar-refractivity contribution in [3.05, 3.63) is 0 Å². The van der Waals surface area contributed by atoms with Gasteiger partial charge in [0.05, 0.1) is 50.8 Å². The second-order valence-corrected chi connectivity index (χ2v) is 4.94. The molecule has 0 spiro atoms. The predicted molar refractivity (Wildman–Crippen MR) is 77.6 cm³/mol. The monoisotopic (exact) mass is 296 g/mol. The van der Waals surface area contributed by atoms with E-state index in [1.165, 1.54) is 0 Å². The summed E-state index contributed by atoms with van der Waals surface area (Å²) in [6.45, 7) is 7.83. The average Bonchev–Trinajstić information content (AvgIpc) is 2.43. The Kier molecular flexibility index (Phi) is 16.7. The lowest BCUT2D eigenvalue weighted by Gasteiger charge is -2.13. The van der Waals surface area contributed by atoms with Gasteiger partial charge in [0.1, 0.15) is 0 Å². The van der Waals surface area contributed by atoms with Gasteiger partial charge in [0.15, 0.2) is 0 Å². The van der Waals surface area contributed by atoms with E-state index < -0.39 is 6.10 Å². The van der Waals surface area contributed by atoms with Crippen LogP contribution in [0.1, 0.15) is 40.5 Å². The molecule has 4 N–H and O–H groups in total. The Morgan fingerprint density at radius 3 is 1.65 bits per heavy atom. The molecule has 0 rings (SSSR count). The van der Waals surface area contributed by atoms with E-state index >= 15 is 0 Å². The summed E-state index contributed by atoms with van der Waals surface area (Å²) in [4.78, 5) is 0. The van der Waals surface area contributed by atoms with Gasteiger partial charge in [0, 0.05) is 0 Å². The second-order valence-electron chi connectivity index (χ2n) is 4.94. The van der Waals surface area contributed by atoms with Crippen LogP contribution in [0.15, 0.2) is 0 Å². The van der Waals surface area contributed by atoms with Crippen molar-refractivity contribution < 1.29 is 29.9 Å². The molecule has 6 heteroatoms. The zero-order valence-corrected chi connectivity index (χ0v) is 13.2. The molecule has 4 unspecified atom stereocenters. The molecule has 0 saturated heterocycles. The second kappa shape index (κ2) is 15.2. The number of rotatable bonds is 10. The lowest BCUT2D eigenvalue weighted by atomic mass is 10.2. The van der Waals surface area contributed by atoms with E-state index in [-0.39, 0.29) is 31.5 Å². The average molecular weight is 296 g/mol. The summed E-state index contributed by atoms with van der Waals surface area (Å²) in [6, 6.07) is 0. The minimum Gasteiger partial charge on any atom is -0.394 e. The van der Waals surface area contributed by atoms with Gasteiger partial charge in [-0.05, 0) is 27.2 Å². The Morgan fingerprint density at radius 1 is 0.850 bits per heavy atom. The molecule has 0 aliphatic carbocycles. The van der Waals surface area contributed by atoms with Gasteiger partial charge in [-0.25, -0.2) is 0 Å². The summed E-state index contributed by atoms with van der Waals surface area (Å²) in [7, 11) is 0. The molecule has 0 aromatic rings. The molecule has 0 amide bonds. The summed E-state index contributed by atoms with van der Waals surface area (Å²) < 4.78 is 10.1. The lowest BCUT2D eigenvalue weighted by molar-refractivity contribution is -0.0254. The van der Waals surface area contributed by atoms with Gasteiger partial charge in [-0.2, -0.15) is 0 Å². The van der Waals surface area contributed by atoms with Crippen molar-refractivity contribution in [3.8, 4) is 0 Å². The SMILES string of the molecule is CC(O)COC(C)CO.CCCC(O)COC(C)CO. The van der Waals surface area contributed by atoms with Gasteiger partial charge in [-0.1, -0.05) is 13.3 Å². The number of hydrogen-bond donors (Lipinski definition) is 4. The van der Waals surface area contributed by atoms with Crippen LogP contribution in [0.25, 0.3) is 0 Å². The van der Waals surface area contributed by atoms with E-state index in [2.05, 4.69) is 0 Å². The molecular weight excluding hydrogens is 264 g/mol. The molecule has 0 aromatic heterocycles. The first-order valence-corrected chi connectivity index (χ1v) is 7.18. The highest BCUT2D eigenvalue weighted by Gasteiger charge is 2.05. The fraction of sp³-hybridized carbons (Fsp3) is 1.00. The highest BCUT2D eigenvalue weighted by Crippen LogP contribution is 1.98. The molecule has 0 saturated carbocycles. The van der Waals surface area contributed by atoms with Crippen LogP contribution in [0.5, 0.6) is 0 Å². The summed E-state index contributed by atoms with van der Waals surface area (Å²) in [5, 5.41) is 34.9. The molecule has 0 aliphatic rings. The summed E-state index contributed by atoms with van der Waals surface area (Å²) in [5.74, 6) is 0. The molecule has 0 heterocycles. The van der Waals surface area contributed by atoms with Crippen LogP contribution in [-0.2, 0) is 9.47 Å². The third-order valence-electron chi connectivity index (χ3n) is 2.33. The Hall–Kier alpha value is -0.240. The first-order valence-electron chi connectivity index (χ1n) is 7.18. The molecule has 6 nitrogen and oxygen atoms in total. The maximum absolute atomic E-state index is 9.19. The Morgan fingerprint density at radius 2 is 1.30 bits per heavy atom. The van der Waals surface area contributed by atoms with Crippen LogP contribution in [0.4, 0.5) is 0 Å². The lowest BCUT2D eigenvalue weighted by Crippen LogP contribution is -2.21. The molecule has 0 aliphatic heterocycles. The molecule has 0 bridgehead atoms. The highest BCUT2D eigenvalue weighted by atomic mass is 16.5. The third kappa shape index (κ3) is 17.8. The fourth-order valence-corrected chi connectivity index (χ4v) is 1.10. The maximum Gasteiger partial charge on any atom is 0.0779 e. The smallest absolute Gasteiger partial charge is 0.0779 e. The summed E-state index contributed by atoms with van der Waals surface area (Å²) in [5.41, 5.74) is 0. The van der Waals surface area contributed by atoms with Crippen LogP contribution in [0.3, 0.4) is 0 Å². The molecule has 0 fully saturated rings. The predicted octanol–water partition coefficient (Wildman–Crippen LogP) is 0.309. The van der Waals surface area contributed by atoms with Gasteiger partial charge >= 0.3 is 0 Å². The molecule has 20 heavy (non-hydrogen) atoms. The van der Waals surface area contributed by atoms with E-state index in [9.17, 15) is 5.11 Å². The van der Waals surface area contributed by atoms with Gasteiger partial charge < -0.3 is 29.9 Å². The topological polar surface area (TPSA) is 99.4 Å². The number of aliphatic hydroxyl groups is 4. The summed E-state index contributed by atoms with van der Waals surface area (Å²) >= 11 is 0. The van der Waals surface area contributed by atoms with Crippen molar-refractivity contribution in [3.63, 3.8) is 0 Å². The number of ether oxygens (including phenoxy) is 2. The fourth-order valence-electron chi connectivity index (χ4n) is 1.10. The van der Waals surface area contributed by atoms with E-state index in [4.69, 9.17) is 24.8 Å². The molecule has 0 radical (unpaired) electrons. The van der Waals surface area contributed by atoms with E-state index in [0.717, 1.165) is 12.8 Å². The van der Waals surface area contributed by atoms with Gasteiger partial charge in [0.25, 0.3) is 0 Å². The number of hydrogen-bond acceptors (Lipinski definition) is 6.